The number of aliphatic carboxylic acids is 1. The Morgan fingerprint density at radius 2 is 2.06 bits per heavy atom. The van der Waals surface area contributed by atoms with Crippen LogP contribution in [-0.4, -0.2) is 48.2 Å². The third kappa shape index (κ3) is 4.28. The summed E-state index contributed by atoms with van der Waals surface area (Å²) in [6.07, 6.45) is 4.19. The number of likely N-dealkylation sites (N-methyl/N-ethyl adjacent to an activating group) is 1. The quantitative estimate of drug-likeness (QED) is 0.742. The van der Waals surface area contributed by atoms with E-state index in [0.29, 0.717) is 6.42 Å². The highest BCUT2D eigenvalue weighted by Gasteiger charge is 2.30. The summed E-state index contributed by atoms with van der Waals surface area (Å²) in [4.78, 5) is 13.6. The SMILES string of the molecule is CNC(C)(CCCN1CCC(C)CC1)C(=O)O. The minimum Gasteiger partial charge on any atom is -0.480 e. The Morgan fingerprint density at radius 3 is 2.53 bits per heavy atom. The molecule has 1 aliphatic heterocycles. The van der Waals surface area contributed by atoms with Crippen molar-refractivity contribution in [3.8, 4) is 0 Å². The molecule has 0 aliphatic carbocycles. The van der Waals surface area contributed by atoms with Gasteiger partial charge in [-0.1, -0.05) is 6.92 Å². The maximum atomic E-state index is 11.1. The van der Waals surface area contributed by atoms with Gasteiger partial charge in [0.2, 0.25) is 0 Å². The lowest BCUT2D eigenvalue weighted by molar-refractivity contribution is -0.144. The number of likely N-dealkylation sites (tertiary alicyclic amines) is 1. The molecule has 1 aliphatic rings. The van der Waals surface area contributed by atoms with E-state index in [1.807, 2.05) is 0 Å². The molecule has 0 aromatic carbocycles. The molecule has 1 saturated heterocycles. The van der Waals surface area contributed by atoms with Gasteiger partial charge in [-0.3, -0.25) is 4.79 Å². The molecule has 1 atom stereocenters. The van der Waals surface area contributed by atoms with Crippen molar-refractivity contribution in [1.29, 1.82) is 0 Å². The Labute approximate surface area is 104 Å². The van der Waals surface area contributed by atoms with Gasteiger partial charge in [0.05, 0.1) is 0 Å². The van der Waals surface area contributed by atoms with Crippen LogP contribution in [0.4, 0.5) is 0 Å². The van der Waals surface area contributed by atoms with Gasteiger partial charge in [-0.15, -0.1) is 0 Å². The molecule has 4 heteroatoms. The largest absolute Gasteiger partial charge is 0.480 e. The Bertz CT molecular complexity index is 250. The number of piperidine rings is 1. The van der Waals surface area contributed by atoms with Crippen molar-refractivity contribution in [2.45, 2.75) is 45.1 Å². The second kappa shape index (κ2) is 6.36. The fourth-order valence-corrected chi connectivity index (χ4v) is 2.28. The van der Waals surface area contributed by atoms with Crippen LogP contribution in [0.15, 0.2) is 0 Å². The lowest BCUT2D eigenvalue weighted by Crippen LogP contribution is -2.48. The third-order valence-electron chi connectivity index (χ3n) is 4.05. The summed E-state index contributed by atoms with van der Waals surface area (Å²) in [6.45, 7) is 7.43. The fraction of sp³-hybridized carbons (Fsp3) is 0.923. The van der Waals surface area contributed by atoms with Crippen LogP contribution in [0.2, 0.25) is 0 Å². The molecule has 0 bridgehead atoms. The number of carbonyl (C=O) groups is 1. The van der Waals surface area contributed by atoms with Crippen molar-refractivity contribution in [2.75, 3.05) is 26.7 Å². The van der Waals surface area contributed by atoms with Gasteiger partial charge in [-0.2, -0.15) is 0 Å². The second-order valence-corrected chi connectivity index (χ2v) is 5.51. The van der Waals surface area contributed by atoms with Gasteiger partial charge >= 0.3 is 5.97 Å². The van der Waals surface area contributed by atoms with E-state index in [9.17, 15) is 4.79 Å². The highest BCUT2D eigenvalue weighted by atomic mass is 16.4. The molecule has 0 spiro atoms. The average Bonchev–Trinajstić information content (AvgIpc) is 2.31. The smallest absolute Gasteiger partial charge is 0.323 e. The Morgan fingerprint density at radius 1 is 1.47 bits per heavy atom. The first-order valence-electron chi connectivity index (χ1n) is 6.62. The van der Waals surface area contributed by atoms with E-state index in [-0.39, 0.29) is 0 Å². The molecular weight excluding hydrogens is 216 g/mol. The molecule has 1 heterocycles. The summed E-state index contributed by atoms with van der Waals surface area (Å²) in [5.74, 6) is 0.0973. The number of carboxylic acid groups (broad SMARTS) is 1. The van der Waals surface area contributed by atoms with Crippen LogP contribution >= 0.6 is 0 Å². The van der Waals surface area contributed by atoms with Gasteiger partial charge in [0.15, 0.2) is 0 Å². The molecule has 17 heavy (non-hydrogen) atoms. The molecule has 0 saturated carbocycles. The highest BCUT2D eigenvalue weighted by molar-refractivity contribution is 5.78. The summed E-state index contributed by atoms with van der Waals surface area (Å²) in [6, 6.07) is 0. The van der Waals surface area contributed by atoms with Crippen molar-refractivity contribution in [3.05, 3.63) is 0 Å². The zero-order valence-corrected chi connectivity index (χ0v) is 11.3. The van der Waals surface area contributed by atoms with E-state index in [4.69, 9.17) is 5.11 Å². The highest BCUT2D eigenvalue weighted by Crippen LogP contribution is 2.18. The van der Waals surface area contributed by atoms with Crippen molar-refractivity contribution in [2.24, 2.45) is 5.92 Å². The summed E-state index contributed by atoms with van der Waals surface area (Å²) < 4.78 is 0. The molecular formula is C13H26N2O2. The van der Waals surface area contributed by atoms with Crippen LogP contribution < -0.4 is 5.32 Å². The van der Waals surface area contributed by atoms with Crippen molar-refractivity contribution in [3.63, 3.8) is 0 Å². The number of nitrogens with zero attached hydrogens (tertiary/aromatic N) is 1. The summed E-state index contributed by atoms with van der Waals surface area (Å²) in [5.41, 5.74) is -0.775. The Kier molecular flexibility index (Phi) is 5.40. The Hall–Kier alpha value is -0.610. The van der Waals surface area contributed by atoms with Crippen molar-refractivity contribution < 1.29 is 9.90 Å². The topological polar surface area (TPSA) is 52.6 Å². The monoisotopic (exact) mass is 242 g/mol. The zero-order chi connectivity index (χ0) is 12.9. The van der Waals surface area contributed by atoms with Crippen molar-refractivity contribution >= 4 is 5.97 Å². The van der Waals surface area contributed by atoms with Gasteiger partial charge in [0, 0.05) is 0 Å². The fourth-order valence-electron chi connectivity index (χ4n) is 2.28. The predicted molar refractivity (Wildman–Crippen MR) is 69.2 cm³/mol. The van der Waals surface area contributed by atoms with E-state index in [2.05, 4.69) is 17.1 Å². The lowest BCUT2D eigenvalue weighted by Gasteiger charge is -2.31. The second-order valence-electron chi connectivity index (χ2n) is 5.51. The number of hydrogen-bond acceptors (Lipinski definition) is 3. The standard InChI is InChI=1S/C13H26N2O2/c1-11-5-9-15(10-6-11)8-4-7-13(2,14-3)12(16)17/h11,14H,4-10H2,1-3H3,(H,16,17). The molecule has 0 aromatic rings. The van der Waals surface area contributed by atoms with E-state index in [0.717, 1.165) is 18.9 Å². The predicted octanol–water partition coefficient (Wildman–Crippen LogP) is 1.56. The Balaban J connectivity index is 2.25. The van der Waals surface area contributed by atoms with E-state index < -0.39 is 11.5 Å². The first-order valence-corrected chi connectivity index (χ1v) is 6.62. The maximum Gasteiger partial charge on any atom is 0.323 e. The molecule has 2 N–H and O–H groups in total. The van der Waals surface area contributed by atoms with Gasteiger partial charge in [0.1, 0.15) is 5.54 Å². The van der Waals surface area contributed by atoms with Crippen LogP contribution in [-0.2, 0) is 4.79 Å². The van der Waals surface area contributed by atoms with Crippen LogP contribution in [0.1, 0.15) is 39.5 Å². The van der Waals surface area contributed by atoms with Gasteiger partial charge in [0.25, 0.3) is 0 Å². The van der Waals surface area contributed by atoms with Gasteiger partial charge < -0.3 is 15.3 Å². The molecule has 100 valence electrons. The molecule has 0 radical (unpaired) electrons. The molecule has 1 fully saturated rings. The molecule has 4 nitrogen and oxygen atoms in total. The van der Waals surface area contributed by atoms with Crippen LogP contribution in [0, 0.1) is 5.92 Å². The normalized spacial score (nSPS) is 22.3. The molecule has 0 amide bonds. The molecule has 0 aromatic heterocycles. The van der Waals surface area contributed by atoms with E-state index >= 15 is 0 Å². The number of carboxylic acids is 1. The maximum absolute atomic E-state index is 11.1. The van der Waals surface area contributed by atoms with E-state index in [1.165, 1.54) is 25.9 Å². The van der Waals surface area contributed by atoms with Crippen molar-refractivity contribution in [1.82, 2.24) is 10.2 Å². The first kappa shape index (κ1) is 14.5. The van der Waals surface area contributed by atoms with E-state index in [1.54, 1.807) is 14.0 Å². The number of nitrogens with one attached hydrogen (secondary N) is 1. The number of hydrogen-bond donors (Lipinski definition) is 2. The third-order valence-corrected chi connectivity index (χ3v) is 4.05. The van der Waals surface area contributed by atoms with Gasteiger partial charge in [-0.25, -0.2) is 0 Å². The minimum absolute atomic E-state index is 0.685. The molecule has 1 unspecified atom stereocenters. The van der Waals surface area contributed by atoms with Crippen LogP contribution in [0.25, 0.3) is 0 Å². The summed E-state index contributed by atoms with van der Waals surface area (Å²) in [5, 5.41) is 12.0. The lowest BCUT2D eigenvalue weighted by atomic mass is 9.95. The van der Waals surface area contributed by atoms with Crippen LogP contribution in [0.3, 0.4) is 0 Å². The average molecular weight is 242 g/mol. The molecule has 1 rings (SSSR count). The van der Waals surface area contributed by atoms with Crippen LogP contribution in [0.5, 0.6) is 0 Å². The minimum atomic E-state index is -0.775. The number of rotatable bonds is 6. The summed E-state index contributed by atoms with van der Waals surface area (Å²) in [7, 11) is 1.72. The first-order chi connectivity index (χ1) is 7.98. The van der Waals surface area contributed by atoms with Gasteiger partial charge in [-0.05, 0) is 65.2 Å². The zero-order valence-electron chi connectivity index (χ0n) is 11.3. The summed E-state index contributed by atoms with van der Waals surface area (Å²) >= 11 is 0.